The van der Waals surface area contributed by atoms with Gasteiger partial charge in [0, 0.05) is 6.04 Å². The largest absolute Gasteiger partial charge is 0.496 e. The lowest BCUT2D eigenvalue weighted by Gasteiger charge is -2.21. The predicted molar refractivity (Wildman–Crippen MR) is 72.6 cm³/mol. The molecule has 2 unspecified atom stereocenters. The molecule has 0 saturated carbocycles. The predicted octanol–water partition coefficient (Wildman–Crippen LogP) is 1.92. The van der Waals surface area contributed by atoms with E-state index in [9.17, 15) is 4.79 Å². The standard InChI is InChI=1S/C14H22N2O2/c1-5-10(3)16-13(14(15)17)11-6-7-12(18-4)9(2)8-11/h6-8,10,13,16H,5H2,1-4H3,(H2,15,17). The normalized spacial score (nSPS) is 14.0. The zero-order chi connectivity index (χ0) is 13.7. The van der Waals surface area contributed by atoms with Crippen LogP contribution >= 0.6 is 0 Å². The van der Waals surface area contributed by atoms with E-state index in [1.807, 2.05) is 32.0 Å². The Labute approximate surface area is 109 Å². The number of amides is 1. The van der Waals surface area contributed by atoms with E-state index in [4.69, 9.17) is 10.5 Å². The van der Waals surface area contributed by atoms with E-state index >= 15 is 0 Å². The van der Waals surface area contributed by atoms with Crippen LogP contribution in [0.4, 0.5) is 0 Å². The average Bonchev–Trinajstić information content (AvgIpc) is 2.35. The molecule has 0 spiro atoms. The van der Waals surface area contributed by atoms with Crippen molar-refractivity contribution in [1.29, 1.82) is 0 Å². The van der Waals surface area contributed by atoms with Crippen LogP contribution in [0.5, 0.6) is 5.75 Å². The molecule has 0 aliphatic carbocycles. The quantitative estimate of drug-likeness (QED) is 0.810. The number of nitrogens with one attached hydrogen (secondary N) is 1. The molecular weight excluding hydrogens is 228 g/mol. The number of rotatable bonds is 6. The van der Waals surface area contributed by atoms with Gasteiger partial charge >= 0.3 is 0 Å². The summed E-state index contributed by atoms with van der Waals surface area (Å²) in [5, 5.41) is 3.23. The van der Waals surface area contributed by atoms with Crippen LogP contribution in [0.25, 0.3) is 0 Å². The maximum atomic E-state index is 11.5. The third-order valence-electron chi connectivity index (χ3n) is 3.10. The molecule has 4 nitrogen and oxygen atoms in total. The molecule has 3 N–H and O–H groups in total. The van der Waals surface area contributed by atoms with E-state index in [0.717, 1.165) is 23.3 Å². The first-order valence-corrected chi connectivity index (χ1v) is 6.19. The number of ether oxygens (including phenoxy) is 1. The van der Waals surface area contributed by atoms with E-state index in [0.29, 0.717) is 0 Å². The minimum absolute atomic E-state index is 0.241. The van der Waals surface area contributed by atoms with Gasteiger partial charge in [-0.05, 0) is 37.5 Å². The van der Waals surface area contributed by atoms with Crippen molar-refractivity contribution in [3.8, 4) is 5.75 Å². The lowest BCUT2D eigenvalue weighted by molar-refractivity contribution is -0.120. The molecule has 4 heteroatoms. The van der Waals surface area contributed by atoms with Crippen LogP contribution in [0.15, 0.2) is 18.2 Å². The molecule has 0 radical (unpaired) electrons. The smallest absolute Gasteiger partial charge is 0.239 e. The van der Waals surface area contributed by atoms with Crippen LogP contribution < -0.4 is 15.8 Å². The first-order chi connectivity index (χ1) is 8.49. The average molecular weight is 250 g/mol. The van der Waals surface area contributed by atoms with Gasteiger partial charge in [0.2, 0.25) is 5.91 Å². The second-order valence-electron chi connectivity index (χ2n) is 4.54. The fourth-order valence-electron chi connectivity index (χ4n) is 1.83. The molecule has 1 rings (SSSR count). The number of nitrogens with two attached hydrogens (primary N) is 1. The highest BCUT2D eigenvalue weighted by atomic mass is 16.5. The number of hydrogen-bond donors (Lipinski definition) is 2. The van der Waals surface area contributed by atoms with Crippen molar-refractivity contribution in [2.45, 2.75) is 39.3 Å². The Morgan fingerprint density at radius 1 is 1.50 bits per heavy atom. The van der Waals surface area contributed by atoms with Crippen LogP contribution in [0.2, 0.25) is 0 Å². The summed E-state index contributed by atoms with van der Waals surface area (Å²) in [7, 11) is 1.63. The second kappa shape index (κ2) is 6.40. The molecule has 0 heterocycles. The number of methoxy groups -OCH3 is 1. The highest BCUT2D eigenvalue weighted by molar-refractivity contribution is 5.81. The van der Waals surface area contributed by atoms with E-state index < -0.39 is 6.04 Å². The zero-order valence-corrected chi connectivity index (χ0v) is 11.5. The molecule has 0 aliphatic rings. The molecular formula is C14H22N2O2. The van der Waals surface area contributed by atoms with Crippen molar-refractivity contribution < 1.29 is 9.53 Å². The highest BCUT2D eigenvalue weighted by Crippen LogP contribution is 2.23. The first-order valence-electron chi connectivity index (χ1n) is 6.19. The van der Waals surface area contributed by atoms with Crippen molar-refractivity contribution in [1.82, 2.24) is 5.32 Å². The van der Waals surface area contributed by atoms with Crippen molar-refractivity contribution in [3.63, 3.8) is 0 Å². The Hall–Kier alpha value is -1.55. The highest BCUT2D eigenvalue weighted by Gasteiger charge is 2.19. The Kier molecular flexibility index (Phi) is 5.16. The lowest BCUT2D eigenvalue weighted by Crippen LogP contribution is -2.38. The molecule has 0 saturated heterocycles. The van der Waals surface area contributed by atoms with Crippen molar-refractivity contribution in [2.75, 3.05) is 7.11 Å². The summed E-state index contributed by atoms with van der Waals surface area (Å²) >= 11 is 0. The van der Waals surface area contributed by atoms with Gasteiger partial charge in [-0.3, -0.25) is 10.1 Å². The van der Waals surface area contributed by atoms with Crippen LogP contribution in [0, 0.1) is 6.92 Å². The molecule has 0 aliphatic heterocycles. The van der Waals surface area contributed by atoms with E-state index in [-0.39, 0.29) is 11.9 Å². The number of carbonyl (C=O) groups excluding carboxylic acids is 1. The van der Waals surface area contributed by atoms with Gasteiger partial charge in [0.15, 0.2) is 0 Å². The van der Waals surface area contributed by atoms with Crippen LogP contribution in [-0.2, 0) is 4.79 Å². The van der Waals surface area contributed by atoms with Gasteiger partial charge in [-0.15, -0.1) is 0 Å². The Balaban J connectivity index is 2.99. The molecule has 1 aromatic carbocycles. The monoisotopic (exact) mass is 250 g/mol. The van der Waals surface area contributed by atoms with Gasteiger partial charge < -0.3 is 10.5 Å². The number of hydrogen-bond acceptors (Lipinski definition) is 3. The minimum Gasteiger partial charge on any atom is -0.496 e. The van der Waals surface area contributed by atoms with E-state index in [1.54, 1.807) is 7.11 Å². The zero-order valence-electron chi connectivity index (χ0n) is 11.5. The fraction of sp³-hybridized carbons (Fsp3) is 0.500. The molecule has 0 fully saturated rings. The minimum atomic E-state index is -0.454. The first kappa shape index (κ1) is 14.5. The summed E-state index contributed by atoms with van der Waals surface area (Å²) in [6.45, 7) is 6.05. The molecule has 18 heavy (non-hydrogen) atoms. The van der Waals surface area contributed by atoms with Gasteiger partial charge in [-0.2, -0.15) is 0 Å². The Morgan fingerprint density at radius 3 is 2.61 bits per heavy atom. The summed E-state index contributed by atoms with van der Waals surface area (Å²) in [6, 6.07) is 5.45. The summed E-state index contributed by atoms with van der Waals surface area (Å²) in [4.78, 5) is 11.5. The van der Waals surface area contributed by atoms with E-state index in [2.05, 4.69) is 12.2 Å². The van der Waals surface area contributed by atoms with Gasteiger partial charge in [0.1, 0.15) is 11.8 Å². The summed E-state index contributed by atoms with van der Waals surface area (Å²) in [6.07, 6.45) is 0.943. The number of carbonyl (C=O) groups is 1. The van der Waals surface area contributed by atoms with Crippen LogP contribution in [0.1, 0.15) is 37.4 Å². The summed E-state index contributed by atoms with van der Waals surface area (Å²) in [5.74, 6) is 0.449. The second-order valence-corrected chi connectivity index (χ2v) is 4.54. The summed E-state index contributed by atoms with van der Waals surface area (Å²) < 4.78 is 5.21. The molecule has 1 aromatic rings. The third kappa shape index (κ3) is 3.47. The topological polar surface area (TPSA) is 64.3 Å². The van der Waals surface area contributed by atoms with Crippen LogP contribution in [-0.4, -0.2) is 19.1 Å². The lowest BCUT2D eigenvalue weighted by atomic mass is 10.0. The molecule has 100 valence electrons. The Bertz CT molecular complexity index is 418. The van der Waals surface area contributed by atoms with Crippen molar-refractivity contribution in [3.05, 3.63) is 29.3 Å². The molecule has 2 atom stereocenters. The number of benzene rings is 1. The molecule has 0 bridgehead atoms. The third-order valence-corrected chi connectivity index (χ3v) is 3.10. The van der Waals surface area contributed by atoms with E-state index in [1.165, 1.54) is 0 Å². The molecule has 1 amide bonds. The maximum Gasteiger partial charge on any atom is 0.239 e. The number of primary amides is 1. The van der Waals surface area contributed by atoms with Crippen molar-refractivity contribution in [2.24, 2.45) is 5.73 Å². The van der Waals surface area contributed by atoms with Gasteiger partial charge in [-0.25, -0.2) is 0 Å². The van der Waals surface area contributed by atoms with Crippen LogP contribution in [0.3, 0.4) is 0 Å². The SMILES string of the molecule is CCC(C)NC(C(N)=O)c1ccc(OC)c(C)c1. The fourth-order valence-corrected chi connectivity index (χ4v) is 1.83. The van der Waals surface area contributed by atoms with Gasteiger partial charge in [-0.1, -0.05) is 19.1 Å². The number of aryl methyl sites for hydroxylation is 1. The Morgan fingerprint density at radius 2 is 2.17 bits per heavy atom. The van der Waals surface area contributed by atoms with Gasteiger partial charge in [0.05, 0.1) is 7.11 Å². The van der Waals surface area contributed by atoms with Gasteiger partial charge in [0.25, 0.3) is 0 Å². The van der Waals surface area contributed by atoms with Crippen molar-refractivity contribution >= 4 is 5.91 Å². The maximum absolute atomic E-state index is 11.5. The summed E-state index contributed by atoms with van der Waals surface area (Å²) in [5.41, 5.74) is 7.33. The molecule has 0 aromatic heterocycles.